The van der Waals surface area contributed by atoms with Crippen molar-refractivity contribution in [2.45, 2.75) is 18.6 Å². The Hall–Kier alpha value is -1.31. The third-order valence-corrected chi connectivity index (χ3v) is 2.26. The summed E-state index contributed by atoms with van der Waals surface area (Å²) < 4.78 is 10.4. The Morgan fingerprint density at radius 1 is 1.73 bits per heavy atom. The molecule has 2 unspecified atom stereocenters. The molecule has 0 spiro atoms. The molecule has 0 amide bonds. The minimum Gasteiger partial charge on any atom is -0.365 e. The first-order valence-electron chi connectivity index (χ1n) is 4.05. The van der Waals surface area contributed by atoms with Crippen LogP contribution >= 0.6 is 8.03 Å². The van der Waals surface area contributed by atoms with Crippen LogP contribution in [0.5, 0.6) is 0 Å². The minimum absolute atomic E-state index is 0.212. The Bertz CT molecular complexity index is 270. The van der Waals surface area contributed by atoms with Crippen molar-refractivity contribution in [1.82, 2.24) is 5.43 Å². The van der Waals surface area contributed by atoms with E-state index in [4.69, 9.17) is 16.4 Å². The van der Waals surface area contributed by atoms with E-state index >= 15 is 0 Å². The number of nitro groups is 1. The van der Waals surface area contributed by atoms with Gasteiger partial charge in [-0.25, -0.2) is 15.1 Å². The summed E-state index contributed by atoms with van der Waals surface area (Å²) in [5.41, 5.74) is 12.1. The molecule has 0 aromatic rings. The van der Waals surface area contributed by atoms with Crippen LogP contribution < -0.4 is 16.9 Å². The number of hydrogen-bond acceptors (Lipinski definition) is 5. The molecular weight excluding hydrogens is 225 g/mol. The van der Waals surface area contributed by atoms with E-state index in [1.54, 1.807) is 5.43 Å². The minimum atomic E-state index is -2.38. The number of hydrazine groups is 1. The summed E-state index contributed by atoms with van der Waals surface area (Å²) in [4.78, 5) is 22.1. The van der Waals surface area contributed by atoms with E-state index in [1.165, 1.54) is 0 Å². The van der Waals surface area contributed by atoms with Crippen LogP contribution in [0.15, 0.2) is 4.99 Å². The van der Waals surface area contributed by atoms with Gasteiger partial charge in [0.05, 0.1) is 0 Å². The molecular formula is C5H13N5O4P+. The second-order valence-corrected chi connectivity index (χ2v) is 3.92. The van der Waals surface area contributed by atoms with Gasteiger partial charge >= 0.3 is 8.03 Å². The van der Waals surface area contributed by atoms with Crippen molar-refractivity contribution < 1.29 is 14.5 Å². The Morgan fingerprint density at radius 3 is 2.80 bits per heavy atom. The van der Waals surface area contributed by atoms with E-state index in [1.807, 2.05) is 0 Å². The maximum atomic E-state index is 10.4. The topological polar surface area (TPSA) is 157 Å². The van der Waals surface area contributed by atoms with Crippen LogP contribution in [0.4, 0.5) is 0 Å². The van der Waals surface area contributed by atoms with Gasteiger partial charge in [-0.1, -0.05) is 5.43 Å². The first kappa shape index (κ1) is 13.7. The average molecular weight is 238 g/mol. The molecule has 0 rings (SSSR count). The standard InChI is InChI=1S/C5H12N5O4P/c6-4(15(13)14)2-1-3-8-5(7)9-10(11)12/h4H,1-3,6H2,(H3-,7,8,9,13,14)/p+1. The number of nitrogens with two attached hydrogens (primary N) is 2. The van der Waals surface area contributed by atoms with Crippen LogP contribution in [0.25, 0.3) is 0 Å². The Labute approximate surface area is 86.5 Å². The van der Waals surface area contributed by atoms with E-state index < -0.39 is 18.8 Å². The number of rotatable bonds is 6. The summed E-state index contributed by atoms with van der Waals surface area (Å²) in [7, 11) is -2.38. The highest BCUT2D eigenvalue weighted by Gasteiger charge is 2.22. The summed E-state index contributed by atoms with van der Waals surface area (Å²) in [5.74, 6) is -1.10. The van der Waals surface area contributed by atoms with Gasteiger partial charge in [0.1, 0.15) is 0 Å². The molecule has 0 saturated heterocycles. The van der Waals surface area contributed by atoms with Crippen molar-refractivity contribution in [2.24, 2.45) is 16.5 Å². The zero-order valence-corrected chi connectivity index (χ0v) is 8.76. The molecule has 0 aliphatic carbocycles. The molecule has 0 aliphatic rings. The quantitative estimate of drug-likeness (QED) is 0.114. The van der Waals surface area contributed by atoms with Gasteiger partial charge in [0.25, 0.3) is 5.96 Å². The van der Waals surface area contributed by atoms with Gasteiger partial charge in [-0.2, -0.15) is 4.89 Å². The second kappa shape index (κ2) is 7.04. The molecule has 6 N–H and O–H groups in total. The van der Waals surface area contributed by atoms with E-state index in [0.717, 1.165) is 0 Å². The highest BCUT2D eigenvalue weighted by atomic mass is 31.1. The van der Waals surface area contributed by atoms with Gasteiger partial charge in [-0.05, 0) is 11.0 Å². The average Bonchev–Trinajstić information content (AvgIpc) is 2.10. The van der Waals surface area contributed by atoms with E-state index in [2.05, 4.69) is 4.99 Å². The van der Waals surface area contributed by atoms with Crippen molar-refractivity contribution in [3.05, 3.63) is 10.1 Å². The molecule has 2 atom stereocenters. The van der Waals surface area contributed by atoms with Crippen LogP contribution in [-0.2, 0) is 4.57 Å². The lowest BCUT2D eigenvalue weighted by atomic mass is 10.3. The number of nitrogens with one attached hydrogen (secondary N) is 1. The predicted octanol–water partition coefficient (Wildman–Crippen LogP) is -1.12. The van der Waals surface area contributed by atoms with Crippen molar-refractivity contribution in [3.8, 4) is 0 Å². The highest BCUT2D eigenvalue weighted by molar-refractivity contribution is 7.38. The summed E-state index contributed by atoms with van der Waals surface area (Å²) >= 11 is 0. The number of nitrogens with zero attached hydrogens (tertiary/aromatic N) is 2. The lowest BCUT2D eigenvalue weighted by Crippen LogP contribution is -2.36. The number of hydrogen-bond donors (Lipinski definition) is 4. The molecule has 86 valence electrons. The van der Waals surface area contributed by atoms with Gasteiger partial charge in [-0.3, -0.25) is 5.73 Å². The van der Waals surface area contributed by atoms with Crippen LogP contribution in [-0.4, -0.2) is 28.2 Å². The summed E-state index contributed by atoms with van der Waals surface area (Å²) in [5, 5.41) is 9.06. The van der Waals surface area contributed by atoms with Gasteiger partial charge in [0.15, 0.2) is 5.03 Å². The molecule has 0 heterocycles. The Balaban J connectivity index is 3.69. The van der Waals surface area contributed by atoms with E-state index in [9.17, 15) is 14.7 Å². The molecule has 9 nitrogen and oxygen atoms in total. The van der Waals surface area contributed by atoms with Gasteiger partial charge in [0, 0.05) is 13.0 Å². The SMILES string of the molecule is NC(=NCCCC(N)[P+](=O)O)N[N+](=O)[O-]. The molecule has 0 radical (unpaired) electrons. The third kappa shape index (κ3) is 7.74. The summed E-state index contributed by atoms with van der Waals surface area (Å²) in [6, 6.07) is 0. The first-order valence-corrected chi connectivity index (χ1v) is 5.33. The molecule has 10 heteroatoms. The lowest BCUT2D eigenvalue weighted by molar-refractivity contribution is -0.525. The van der Waals surface area contributed by atoms with Crippen molar-refractivity contribution in [2.75, 3.05) is 6.54 Å². The van der Waals surface area contributed by atoms with Gasteiger partial charge < -0.3 is 5.73 Å². The molecule has 0 bridgehead atoms. The molecule has 0 saturated carbocycles. The predicted molar refractivity (Wildman–Crippen MR) is 53.7 cm³/mol. The molecule has 0 aliphatic heterocycles. The zero-order chi connectivity index (χ0) is 11.8. The fourth-order valence-electron chi connectivity index (χ4n) is 0.739. The third-order valence-electron chi connectivity index (χ3n) is 1.43. The number of guanidine groups is 1. The molecule has 0 fully saturated rings. The van der Waals surface area contributed by atoms with Crippen LogP contribution in [0, 0.1) is 10.1 Å². The normalized spacial score (nSPS) is 14.5. The highest BCUT2D eigenvalue weighted by Crippen LogP contribution is 2.21. The fourth-order valence-corrected chi connectivity index (χ4v) is 1.14. The lowest BCUT2D eigenvalue weighted by Gasteiger charge is -1.97. The van der Waals surface area contributed by atoms with Crippen LogP contribution in [0.2, 0.25) is 0 Å². The van der Waals surface area contributed by atoms with E-state index in [-0.39, 0.29) is 12.5 Å². The van der Waals surface area contributed by atoms with Gasteiger partial charge in [-0.15, -0.1) is 0 Å². The molecule has 15 heavy (non-hydrogen) atoms. The zero-order valence-electron chi connectivity index (χ0n) is 7.87. The van der Waals surface area contributed by atoms with Crippen molar-refractivity contribution in [1.29, 1.82) is 0 Å². The second-order valence-electron chi connectivity index (χ2n) is 2.65. The maximum absolute atomic E-state index is 10.4. The smallest absolute Gasteiger partial charge is 0.365 e. The largest absolute Gasteiger partial charge is 0.524 e. The Kier molecular flexibility index (Phi) is 6.43. The van der Waals surface area contributed by atoms with Gasteiger partial charge in [0.2, 0.25) is 5.78 Å². The summed E-state index contributed by atoms with van der Waals surface area (Å²) in [6.45, 7) is 0.212. The molecule has 0 aromatic carbocycles. The van der Waals surface area contributed by atoms with Crippen LogP contribution in [0.3, 0.4) is 0 Å². The van der Waals surface area contributed by atoms with Crippen molar-refractivity contribution >= 4 is 14.0 Å². The monoisotopic (exact) mass is 238 g/mol. The van der Waals surface area contributed by atoms with Crippen LogP contribution in [0.1, 0.15) is 12.8 Å². The van der Waals surface area contributed by atoms with Crippen molar-refractivity contribution in [3.63, 3.8) is 0 Å². The van der Waals surface area contributed by atoms with E-state index in [0.29, 0.717) is 12.8 Å². The Morgan fingerprint density at radius 2 is 2.33 bits per heavy atom. The fraction of sp³-hybridized carbons (Fsp3) is 0.800. The summed E-state index contributed by atoms with van der Waals surface area (Å²) in [6.07, 6.45) is 0.740. The number of aliphatic imine (C=N–C) groups is 1. The first-order chi connectivity index (χ1) is 6.93. The molecule has 0 aromatic heterocycles. The maximum Gasteiger partial charge on any atom is 0.524 e.